The first-order valence-corrected chi connectivity index (χ1v) is 13.3. The Morgan fingerprint density at radius 2 is 1.56 bits per heavy atom. The van der Waals surface area contributed by atoms with E-state index in [0.29, 0.717) is 21.3 Å². The molecule has 3 rings (SSSR count). The van der Waals surface area contributed by atoms with Gasteiger partial charge in [0.15, 0.2) is 0 Å². The fourth-order valence-corrected chi connectivity index (χ4v) is 5.62. The zero-order valence-corrected chi connectivity index (χ0v) is 22.4. The van der Waals surface area contributed by atoms with Crippen LogP contribution >= 0.6 is 23.2 Å². The lowest BCUT2D eigenvalue weighted by Gasteiger charge is -2.32. The molecule has 10 heteroatoms. The molecule has 0 saturated carbocycles. The lowest BCUT2D eigenvalue weighted by Crippen LogP contribution is -2.50. The van der Waals surface area contributed by atoms with Crippen LogP contribution in [0.5, 0.6) is 0 Å². The SMILES string of the molecule is CNC(=O)C(C)N(Cc1c(Cl)cccc1Cl)C(=O)CN(c1cccc(C)c1)S(=O)(=O)c1ccccc1. The Morgan fingerprint density at radius 1 is 0.944 bits per heavy atom. The number of nitrogens with one attached hydrogen (secondary N) is 1. The van der Waals surface area contributed by atoms with Crippen molar-refractivity contribution in [1.29, 1.82) is 0 Å². The summed E-state index contributed by atoms with van der Waals surface area (Å²) in [5.74, 6) is -1.01. The maximum Gasteiger partial charge on any atom is 0.264 e. The smallest absolute Gasteiger partial charge is 0.264 e. The molecule has 0 aromatic heterocycles. The molecule has 0 aliphatic rings. The van der Waals surface area contributed by atoms with E-state index in [1.165, 1.54) is 24.1 Å². The highest BCUT2D eigenvalue weighted by atomic mass is 35.5. The third-order valence-corrected chi connectivity index (χ3v) is 8.20. The normalized spacial score (nSPS) is 12.0. The van der Waals surface area contributed by atoms with Gasteiger partial charge in [-0.2, -0.15) is 0 Å². The van der Waals surface area contributed by atoms with Crippen LogP contribution in [-0.2, 0) is 26.2 Å². The maximum absolute atomic E-state index is 13.7. The molecule has 0 spiro atoms. The Labute approximate surface area is 221 Å². The molecule has 36 heavy (non-hydrogen) atoms. The number of aryl methyl sites for hydroxylation is 1. The number of sulfonamides is 1. The molecule has 1 N–H and O–H groups in total. The van der Waals surface area contributed by atoms with E-state index < -0.39 is 34.4 Å². The third kappa shape index (κ3) is 6.19. The largest absolute Gasteiger partial charge is 0.357 e. The van der Waals surface area contributed by atoms with Crippen molar-refractivity contribution >= 4 is 50.7 Å². The van der Waals surface area contributed by atoms with Crippen LogP contribution in [-0.4, -0.2) is 44.8 Å². The maximum atomic E-state index is 13.7. The molecule has 0 aliphatic carbocycles. The topological polar surface area (TPSA) is 86.8 Å². The number of carbonyl (C=O) groups is 2. The number of amides is 2. The minimum atomic E-state index is -4.11. The predicted molar refractivity (Wildman–Crippen MR) is 143 cm³/mol. The number of hydrogen-bond acceptors (Lipinski definition) is 4. The second kappa shape index (κ2) is 11.8. The van der Waals surface area contributed by atoms with E-state index in [2.05, 4.69) is 5.32 Å². The quantitative estimate of drug-likeness (QED) is 0.422. The summed E-state index contributed by atoms with van der Waals surface area (Å²) in [5, 5.41) is 3.19. The van der Waals surface area contributed by atoms with Gasteiger partial charge in [0.1, 0.15) is 12.6 Å². The molecule has 3 aromatic carbocycles. The van der Waals surface area contributed by atoms with Crippen molar-refractivity contribution in [2.75, 3.05) is 17.9 Å². The summed E-state index contributed by atoms with van der Waals surface area (Å²) in [6.07, 6.45) is 0. The van der Waals surface area contributed by atoms with Gasteiger partial charge in [-0.15, -0.1) is 0 Å². The van der Waals surface area contributed by atoms with Crippen LogP contribution in [0.4, 0.5) is 5.69 Å². The van der Waals surface area contributed by atoms with E-state index in [9.17, 15) is 18.0 Å². The van der Waals surface area contributed by atoms with Crippen molar-refractivity contribution in [3.63, 3.8) is 0 Å². The summed E-state index contributed by atoms with van der Waals surface area (Å²) in [4.78, 5) is 27.6. The van der Waals surface area contributed by atoms with E-state index in [1.807, 2.05) is 13.0 Å². The van der Waals surface area contributed by atoms with Crippen molar-refractivity contribution < 1.29 is 18.0 Å². The van der Waals surface area contributed by atoms with Crippen molar-refractivity contribution in [3.05, 3.63) is 94.0 Å². The Bertz CT molecular complexity index is 1330. The van der Waals surface area contributed by atoms with E-state index in [4.69, 9.17) is 23.2 Å². The second-order valence-electron chi connectivity index (χ2n) is 8.18. The van der Waals surface area contributed by atoms with Crippen LogP contribution in [0, 0.1) is 6.92 Å². The first kappa shape index (κ1) is 27.5. The van der Waals surface area contributed by atoms with Crippen LogP contribution in [0.3, 0.4) is 0 Å². The molecule has 0 heterocycles. The summed E-state index contributed by atoms with van der Waals surface area (Å²) in [6, 6.07) is 18.8. The minimum Gasteiger partial charge on any atom is -0.357 e. The summed E-state index contributed by atoms with van der Waals surface area (Å²) < 4.78 is 28.4. The molecule has 1 atom stereocenters. The molecule has 0 fully saturated rings. The molecule has 1 unspecified atom stereocenters. The lowest BCUT2D eigenvalue weighted by atomic mass is 10.1. The Morgan fingerprint density at radius 3 is 2.14 bits per heavy atom. The van der Waals surface area contributed by atoms with Gasteiger partial charge in [0.25, 0.3) is 10.0 Å². The summed E-state index contributed by atoms with van der Waals surface area (Å²) in [6.45, 7) is 2.77. The van der Waals surface area contributed by atoms with Gasteiger partial charge < -0.3 is 10.2 Å². The molecular weight excluding hydrogens is 521 g/mol. The highest BCUT2D eigenvalue weighted by Gasteiger charge is 2.32. The predicted octanol–water partition coefficient (Wildman–Crippen LogP) is 4.66. The monoisotopic (exact) mass is 547 g/mol. The summed E-state index contributed by atoms with van der Waals surface area (Å²) in [5.41, 5.74) is 1.61. The first-order valence-electron chi connectivity index (χ1n) is 11.1. The Balaban J connectivity index is 2.06. The average Bonchev–Trinajstić information content (AvgIpc) is 2.86. The third-order valence-electron chi connectivity index (χ3n) is 5.70. The minimum absolute atomic E-state index is 0.0411. The lowest BCUT2D eigenvalue weighted by molar-refractivity contribution is -0.139. The molecule has 190 valence electrons. The number of anilines is 1. The van der Waals surface area contributed by atoms with Gasteiger partial charge in [0.2, 0.25) is 11.8 Å². The molecular formula is C26H27Cl2N3O4S. The number of benzene rings is 3. The zero-order valence-electron chi connectivity index (χ0n) is 20.1. The van der Waals surface area contributed by atoms with Gasteiger partial charge in [-0.25, -0.2) is 8.42 Å². The first-order chi connectivity index (χ1) is 17.1. The molecule has 0 aliphatic heterocycles. The number of nitrogens with zero attached hydrogens (tertiary/aromatic N) is 2. The van der Waals surface area contributed by atoms with Gasteiger partial charge in [0, 0.05) is 29.2 Å². The standard InChI is InChI=1S/C26H27Cl2N3O4S/c1-18-9-7-10-20(15-18)31(36(34,35)21-11-5-4-6-12-21)17-25(32)30(19(2)26(33)29-3)16-22-23(27)13-8-14-24(22)28/h4-15,19H,16-17H2,1-3H3,(H,29,33). The van der Waals surface area contributed by atoms with Gasteiger partial charge >= 0.3 is 0 Å². The van der Waals surface area contributed by atoms with Gasteiger partial charge in [-0.3, -0.25) is 13.9 Å². The van der Waals surface area contributed by atoms with Crippen LogP contribution < -0.4 is 9.62 Å². The molecule has 0 radical (unpaired) electrons. The molecule has 2 amide bonds. The van der Waals surface area contributed by atoms with Crippen LogP contribution in [0.2, 0.25) is 10.0 Å². The number of hydrogen-bond donors (Lipinski definition) is 1. The number of carbonyl (C=O) groups excluding carboxylic acids is 2. The van der Waals surface area contributed by atoms with Crippen LogP contribution in [0.1, 0.15) is 18.1 Å². The van der Waals surface area contributed by atoms with Crippen LogP contribution in [0.15, 0.2) is 77.7 Å². The number of halogens is 2. The van der Waals surface area contributed by atoms with Gasteiger partial charge in [-0.05, 0) is 55.8 Å². The average molecular weight is 548 g/mol. The van der Waals surface area contributed by atoms with E-state index in [-0.39, 0.29) is 11.4 Å². The van der Waals surface area contributed by atoms with Crippen molar-refractivity contribution in [2.45, 2.75) is 31.3 Å². The second-order valence-corrected chi connectivity index (χ2v) is 10.9. The molecule has 3 aromatic rings. The van der Waals surface area contributed by atoms with E-state index >= 15 is 0 Å². The van der Waals surface area contributed by atoms with Crippen molar-refractivity contribution in [3.8, 4) is 0 Å². The Kier molecular flexibility index (Phi) is 9.00. The number of likely N-dealkylation sites (N-methyl/N-ethyl adjacent to an activating group) is 1. The fourth-order valence-electron chi connectivity index (χ4n) is 3.68. The Hall–Kier alpha value is -3.07. The fraction of sp³-hybridized carbons (Fsp3) is 0.231. The van der Waals surface area contributed by atoms with Crippen molar-refractivity contribution in [2.24, 2.45) is 0 Å². The zero-order chi connectivity index (χ0) is 26.5. The molecule has 0 saturated heterocycles. The molecule has 7 nitrogen and oxygen atoms in total. The van der Waals surface area contributed by atoms with E-state index in [0.717, 1.165) is 9.87 Å². The molecule has 0 bridgehead atoms. The van der Waals surface area contributed by atoms with Gasteiger partial charge in [0.05, 0.1) is 10.6 Å². The number of rotatable bonds is 9. The highest BCUT2D eigenvalue weighted by molar-refractivity contribution is 7.92. The summed E-state index contributed by atoms with van der Waals surface area (Å²) in [7, 11) is -2.65. The van der Waals surface area contributed by atoms with Crippen LogP contribution in [0.25, 0.3) is 0 Å². The highest BCUT2D eigenvalue weighted by Crippen LogP contribution is 2.28. The summed E-state index contributed by atoms with van der Waals surface area (Å²) >= 11 is 12.7. The van der Waals surface area contributed by atoms with Gasteiger partial charge in [-0.1, -0.05) is 59.6 Å². The van der Waals surface area contributed by atoms with E-state index in [1.54, 1.807) is 61.5 Å². The van der Waals surface area contributed by atoms with Crippen molar-refractivity contribution in [1.82, 2.24) is 10.2 Å².